The van der Waals surface area contributed by atoms with Gasteiger partial charge in [0.05, 0.1) is 23.6 Å². The van der Waals surface area contributed by atoms with Crippen molar-refractivity contribution in [3.8, 4) is 0 Å². The van der Waals surface area contributed by atoms with Gasteiger partial charge in [0.25, 0.3) is 5.91 Å². The van der Waals surface area contributed by atoms with Crippen LogP contribution < -0.4 is 5.32 Å². The number of rotatable bonds is 7. The molecule has 2 heterocycles. The molecule has 2 amide bonds. The van der Waals surface area contributed by atoms with Gasteiger partial charge < -0.3 is 10.1 Å². The van der Waals surface area contributed by atoms with Crippen molar-refractivity contribution in [1.29, 1.82) is 0 Å². The zero-order valence-electron chi connectivity index (χ0n) is 19.3. The van der Waals surface area contributed by atoms with Gasteiger partial charge in [-0.1, -0.05) is 60.7 Å². The lowest BCUT2D eigenvalue weighted by molar-refractivity contribution is -0.149. The number of carbonyl (C=O) groups is 3. The van der Waals surface area contributed by atoms with E-state index in [2.05, 4.69) is 10.4 Å². The molecule has 35 heavy (non-hydrogen) atoms. The second-order valence-corrected chi connectivity index (χ2v) is 10.9. The monoisotopic (exact) mass is 497 g/mol. The van der Waals surface area contributed by atoms with E-state index in [9.17, 15) is 22.8 Å². The van der Waals surface area contributed by atoms with Crippen molar-refractivity contribution >= 4 is 33.3 Å². The number of nitrogens with one attached hydrogen (secondary N) is 1. The summed E-state index contributed by atoms with van der Waals surface area (Å²) in [7, 11) is -3.23. The number of hydrogen-bond acceptors (Lipinski definition) is 7. The molecule has 2 aromatic carbocycles. The van der Waals surface area contributed by atoms with E-state index in [-0.39, 0.29) is 42.4 Å². The third-order valence-electron chi connectivity index (χ3n) is 6.05. The fourth-order valence-corrected chi connectivity index (χ4v) is 5.86. The van der Waals surface area contributed by atoms with Gasteiger partial charge in [-0.15, -0.1) is 0 Å². The van der Waals surface area contributed by atoms with Crippen molar-refractivity contribution in [1.82, 2.24) is 10.3 Å². The standard InChI is InChI=1S/C25H27N3O6S/c1-17(24(30)26-23(18-8-4-2-5-9-18)19-10-6-3-7-11-19)34-25(31)21-12-13-22(29)28(27-21)20-14-15-35(32,33)16-20/h2-11,17,20,23H,12-16H2,1H3,(H,26,30)/t17-,20-/m1/s1. The molecule has 9 nitrogen and oxygen atoms in total. The SMILES string of the molecule is C[C@@H](OC(=O)C1=NN([C@@H]2CCS(=O)(=O)C2)C(=O)CC1)C(=O)NC(c1ccccc1)c1ccccc1. The first-order valence-corrected chi connectivity index (χ1v) is 13.3. The molecular formula is C25H27N3O6S. The maximum Gasteiger partial charge on any atom is 0.355 e. The number of hydrogen-bond donors (Lipinski definition) is 1. The van der Waals surface area contributed by atoms with Crippen LogP contribution in [0.25, 0.3) is 0 Å². The molecule has 0 bridgehead atoms. The minimum atomic E-state index is -3.23. The molecule has 1 N–H and O–H groups in total. The lowest BCUT2D eigenvalue weighted by Crippen LogP contribution is -2.43. The molecule has 0 unspecified atom stereocenters. The number of esters is 1. The predicted molar refractivity (Wildman–Crippen MR) is 129 cm³/mol. The zero-order valence-corrected chi connectivity index (χ0v) is 20.1. The maximum atomic E-state index is 13.0. The van der Waals surface area contributed by atoms with Crippen LogP contribution in [-0.2, 0) is 29.0 Å². The van der Waals surface area contributed by atoms with Crippen molar-refractivity contribution in [3.05, 3.63) is 71.8 Å². The highest BCUT2D eigenvalue weighted by Crippen LogP contribution is 2.24. The summed E-state index contributed by atoms with van der Waals surface area (Å²) in [5.41, 5.74) is 1.75. The van der Waals surface area contributed by atoms with Crippen molar-refractivity contribution < 1.29 is 27.5 Å². The molecule has 1 saturated heterocycles. The van der Waals surface area contributed by atoms with Crippen LogP contribution in [0.15, 0.2) is 65.8 Å². The third-order valence-corrected chi connectivity index (χ3v) is 7.81. The third kappa shape index (κ3) is 5.94. The fourth-order valence-electron chi connectivity index (χ4n) is 4.16. The first-order valence-electron chi connectivity index (χ1n) is 11.4. The summed E-state index contributed by atoms with van der Waals surface area (Å²) in [6.45, 7) is 1.47. The van der Waals surface area contributed by atoms with E-state index in [1.54, 1.807) is 0 Å². The van der Waals surface area contributed by atoms with Crippen LogP contribution in [0.1, 0.15) is 43.4 Å². The van der Waals surface area contributed by atoms with Crippen molar-refractivity contribution in [2.75, 3.05) is 11.5 Å². The summed E-state index contributed by atoms with van der Waals surface area (Å²) in [5, 5.41) is 8.14. The van der Waals surface area contributed by atoms with Gasteiger partial charge in [0, 0.05) is 12.8 Å². The number of hydrazone groups is 1. The Kier molecular flexibility index (Phi) is 7.30. The van der Waals surface area contributed by atoms with E-state index >= 15 is 0 Å². The summed E-state index contributed by atoms with van der Waals surface area (Å²) in [5.74, 6) is -1.81. The Labute approximate surface area is 204 Å². The highest BCUT2D eigenvalue weighted by molar-refractivity contribution is 7.91. The van der Waals surface area contributed by atoms with Crippen molar-refractivity contribution in [3.63, 3.8) is 0 Å². The smallest absolute Gasteiger partial charge is 0.355 e. The second-order valence-electron chi connectivity index (χ2n) is 8.65. The van der Waals surface area contributed by atoms with Gasteiger partial charge >= 0.3 is 5.97 Å². The molecule has 184 valence electrons. The Morgan fingerprint density at radius 1 is 1.03 bits per heavy atom. The van der Waals surface area contributed by atoms with E-state index < -0.39 is 39.9 Å². The minimum absolute atomic E-state index is 0.00350. The molecule has 0 saturated carbocycles. The molecule has 2 atom stereocenters. The summed E-state index contributed by atoms with van der Waals surface area (Å²) in [6, 6.07) is 17.9. The maximum absolute atomic E-state index is 13.0. The normalized spacial score (nSPS) is 20.3. The van der Waals surface area contributed by atoms with Crippen LogP contribution in [0.5, 0.6) is 0 Å². The molecule has 10 heteroatoms. The largest absolute Gasteiger partial charge is 0.448 e. The van der Waals surface area contributed by atoms with Crippen LogP contribution in [0.2, 0.25) is 0 Å². The summed E-state index contributed by atoms with van der Waals surface area (Å²) >= 11 is 0. The van der Waals surface area contributed by atoms with Crippen LogP contribution in [0.3, 0.4) is 0 Å². The van der Waals surface area contributed by atoms with E-state index in [0.29, 0.717) is 0 Å². The molecule has 0 aliphatic carbocycles. The summed E-state index contributed by atoms with van der Waals surface area (Å²) in [4.78, 5) is 38.0. The first kappa shape index (κ1) is 24.6. The molecule has 0 aromatic heterocycles. The van der Waals surface area contributed by atoms with Gasteiger partial charge in [-0.2, -0.15) is 5.10 Å². The fraction of sp³-hybridized carbons (Fsp3) is 0.360. The van der Waals surface area contributed by atoms with Gasteiger partial charge in [0.1, 0.15) is 5.71 Å². The Bertz CT molecular complexity index is 1190. The zero-order chi connectivity index (χ0) is 25.0. The molecule has 0 spiro atoms. The molecule has 2 aliphatic rings. The number of carbonyl (C=O) groups excluding carboxylic acids is 3. The minimum Gasteiger partial charge on any atom is -0.448 e. The number of benzene rings is 2. The van der Waals surface area contributed by atoms with Gasteiger partial charge in [-0.05, 0) is 24.5 Å². The second kappa shape index (κ2) is 10.4. The van der Waals surface area contributed by atoms with E-state index in [1.165, 1.54) is 6.92 Å². The molecule has 2 aliphatic heterocycles. The van der Waals surface area contributed by atoms with Gasteiger partial charge in [-0.3, -0.25) is 9.59 Å². The molecular weight excluding hydrogens is 470 g/mol. The Morgan fingerprint density at radius 2 is 1.63 bits per heavy atom. The topological polar surface area (TPSA) is 122 Å². The Hall–Kier alpha value is -3.53. The van der Waals surface area contributed by atoms with E-state index in [4.69, 9.17) is 4.74 Å². The number of amides is 2. The van der Waals surface area contributed by atoms with Gasteiger partial charge in [0.2, 0.25) is 5.91 Å². The highest BCUT2D eigenvalue weighted by atomic mass is 32.2. The highest BCUT2D eigenvalue weighted by Gasteiger charge is 2.38. The predicted octanol–water partition coefficient (Wildman–Crippen LogP) is 1.99. The van der Waals surface area contributed by atoms with Crippen LogP contribution in [0, 0.1) is 0 Å². The molecule has 1 fully saturated rings. The lowest BCUT2D eigenvalue weighted by Gasteiger charge is -2.27. The van der Waals surface area contributed by atoms with E-state index in [1.807, 2.05) is 60.7 Å². The van der Waals surface area contributed by atoms with Crippen molar-refractivity contribution in [2.45, 2.75) is 44.4 Å². The summed E-state index contributed by atoms with van der Waals surface area (Å²) < 4.78 is 29.0. The number of sulfone groups is 1. The van der Waals surface area contributed by atoms with E-state index in [0.717, 1.165) is 16.1 Å². The Balaban J connectivity index is 1.44. The number of nitrogens with zero attached hydrogens (tertiary/aromatic N) is 2. The Morgan fingerprint density at radius 3 is 2.17 bits per heavy atom. The van der Waals surface area contributed by atoms with Crippen molar-refractivity contribution in [2.24, 2.45) is 5.10 Å². The molecule has 2 aromatic rings. The van der Waals surface area contributed by atoms with Gasteiger partial charge in [0.15, 0.2) is 15.9 Å². The molecule has 0 radical (unpaired) electrons. The first-order chi connectivity index (χ1) is 16.7. The van der Waals surface area contributed by atoms with Crippen LogP contribution >= 0.6 is 0 Å². The van der Waals surface area contributed by atoms with Crippen LogP contribution in [0.4, 0.5) is 0 Å². The van der Waals surface area contributed by atoms with Gasteiger partial charge in [-0.25, -0.2) is 18.2 Å². The lowest BCUT2D eigenvalue weighted by atomic mass is 9.98. The number of ether oxygens (including phenoxy) is 1. The average molecular weight is 498 g/mol. The quantitative estimate of drug-likeness (QED) is 0.584. The molecule has 4 rings (SSSR count). The van der Waals surface area contributed by atoms with Crippen LogP contribution in [-0.4, -0.2) is 60.6 Å². The summed E-state index contributed by atoms with van der Waals surface area (Å²) in [6.07, 6.45) is -0.745. The average Bonchev–Trinajstić information content (AvgIpc) is 3.22.